The zero-order chi connectivity index (χ0) is 23.4. The first-order valence-corrected chi connectivity index (χ1v) is 11.7. The summed E-state index contributed by atoms with van der Waals surface area (Å²) in [5.41, 5.74) is 6.04. The molecule has 34 heavy (non-hydrogen) atoms. The van der Waals surface area contributed by atoms with E-state index in [1.54, 1.807) is 0 Å². The van der Waals surface area contributed by atoms with Crippen LogP contribution >= 0.6 is 0 Å². The molecule has 3 aromatic heterocycles. The van der Waals surface area contributed by atoms with Crippen molar-refractivity contribution in [2.45, 2.75) is 19.5 Å². The van der Waals surface area contributed by atoms with Gasteiger partial charge in [0.05, 0.1) is 35.3 Å². The number of hydrogen-bond acceptors (Lipinski definition) is 5. The van der Waals surface area contributed by atoms with Crippen LogP contribution in [0.5, 0.6) is 0 Å². The van der Waals surface area contributed by atoms with E-state index in [2.05, 4.69) is 75.4 Å². The van der Waals surface area contributed by atoms with E-state index in [0.717, 1.165) is 52.9 Å². The molecule has 6 rings (SSSR count). The van der Waals surface area contributed by atoms with Gasteiger partial charge in [0.15, 0.2) is 5.82 Å². The Morgan fingerprint density at radius 3 is 2.62 bits per heavy atom. The van der Waals surface area contributed by atoms with Crippen molar-refractivity contribution in [2.24, 2.45) is 5.92 Å². The van der Waals surface area contributed by atoms with Crippen LogP contribution in [0.3, 0.4) is 0 Å². The van der Waals surface area contributed by atoms with Crippen molar-refractivity contribution in [2.75, 3.05) is 32.1 Å². The van der Waals surface area contributed by atoms with Gasteiger partial charge in [-0.1, -0.05) is 19.1 Å². The Kier molecular flexibility index (Phi) is 4.78. The minimum absolute atomic E-state index is 0.534. The first-order valence-electron chi connectivity index (χ1n) is 11.7. The lowest BCUT2D eigenvalue weighted by molar-refractivity contribution is 0.266. The summed E-state index contributed by atoms with van der Waals surface area (Å²) < 4.78 is 4.38. The van der Waals surface area contributed by atoms with Gasteiger partial charge >= 0.3 is 0 Å². The molecule has 170 valence electrons. The van der Waals surface area contributed by atoms with E-state index in [9.17, 15) is 0 Å². The van der Waals surface area contributed by atoms with Crippen molar-refractivity contribution in [3.05, 3.63) is 72.3 Å². The lowest BCUT2D eigenvalue weighted by Crippen LogP contribution is -2.34. The molecule has 0 spiro atoms. The lowest BCUT2D eigenvalue weighted by Gasteiger charge is -2.23. The van der Waals surface area contributed by atoms with E-state index >= 15 is 0 Å². The number of fused-ring (bicyclic) bond motifs is 5. The Hall–Kier alpha value is -3.89. The van der Waals surface area contributed by atoms with Crippen molar-refractivity contribution < 1.29 is 0 Å². The number of imidazole rings is 1. The predicted octanol–water partition coefficient (Wildman–Crippen LogP) is 4.02. The Bertz CT molecular complexity index is 1400. The average Bonchev–Trinajstić information content (AvgIpc) is 3.56. The molecule has 0 saturated carbocycles. The second-order valence-electron chi connectivity index (χ2n) is 9.60. The maximum atomic E-state index is 9.12. The van der Waals surface area contributed by atoms with Crippen LogP contribution in [0.4, 0.5) is 5.82 Å². The van der Waals surface area contributed by atoms with Gasteiger partial charge in [0.1, 0.15) is 5.82 Å². The third-order valence-corrected chi connectivity index (χ3v) is 7.19. The summed E-state index contributed by atoms with van der Waals surface area (Å²) >= 11 is 0. The van der Waals surface area contributed by atoms with Gasteiger partial charge in [-0.3, -0.25) is 4.57 Å². The Morgan fingerprint density at radius 1 is 1.06 bits per heavy atom. The second-order valence-corrected chi connectivity index (χ2v) is 9.60. The predicted molar refractivity (Wildman–Crippen MR) is 133 cm³/mol. The number of anilines is 1. The fourth-order valence-corrected chi connectivity index (χ4v) is 5.38. The molecule has 0 unspecified atom stereocenters. The van der Waals surface area contributed by atoms with Gasteiger partial charge in [-0.15, -0.1) is 0 Å². The van der Waals surface area contributed by atoms with Crippen LogP contribution < -0.4 is 4.90 Å². The van der Waals surface area contributed by atoms with E-state index in [1.807, 2.05) is 36.7 Å². The van der Waals surface area contributed by atoms with Gasteiger partial charge in [-0.25, -0.2) is 9.97 Å². The molecule has 1 aromatic carbocycles. The zero-order valence-electron chi connectivity index (χ0n) is 19.7. The first kappa shape index (κ1) is 20.7. The quantitative estimate of drug-likeness (QED) is 0.416. The summed E-state index contributed by atoms with van der Waals surface area (Å²) in [6.07, 6.45) is 6.03. The van der Waals surface area contributed by atoms with Gasteiger partial charge in [-0.2, -0.15) is 5.26 Å². The summed E-state index contributed by atoms with van der Waals surface area (Å²) in [5.74, 6) is 2.55. The molecule has 0 radical (unpaired) electrons. The van der Waals surface area contributed by atoms with E-state index in [-0.39, 0.29) is 0 Å². The second kappa shape index (κ2) is 7.86. The SMILES string of the molecule is C[C@@H]1CN(c2ccc3c(n2)Cn2cc(-c4ccc(C#N)cc4)cc2-c2nccn2-3)C[C@@H]1N(C)C. The largest absolute Gasteiger partial charge is 0.355 e. The highest BCUT2D eigenvalue weighted by Crippen LogP contribution is 2.35. The Labute approximate surface area is 199 Å². The van der Waals surface area contributed by atoms with Crippen LogP contribution in [0.2, 0.25) is 0 Å². The van der Waals surface area contributed by atoms with E-state index < -0.39 is 0 Å². The fourth-order valence-electron chi connectivity index (χ4n) is 5.38. The van der Waals surface area contributed by atoms with Crippen molar-refractivity contribution in [1.82, 2.24) is 24.0 Å². The Balaban J connectivity index is 1.40. The number of hydrogen-bond donors (Lipinski definition) is 0. The number of likely N-dealkylation sites (N-methyl/N-ethyl adjacent to an activating group) is 1. The lowest BCUT2D eigenvalue weighted by atomic mass is 10.1. The molecule has 2 aliphatic heterocycles. The van der Waals surface area contributed by atoms with Crippen LogP contribution in [0, 0.1) is 17.2 Å². The Morgan fingerprint density at radius 2 is 1.88 bits per heavy atom. The molecular weight excluding hydrogens is 422 g/mol. The van der Waals surface area contributed by atoms with Crippen LogP contribution in [-0.4, -0.2) is 57.2 Å². The molecule has 5 heterocycles. The maximum absolute atomic E-state index is 9.12. The van der Waals surface area contributed by atoms with Crippen molar-refractivity contribution >= 4 is 5.82 Å². The minimum atomic E-state index is 0.534. The summed E-state index contributed by atoms with van der Waals surface area (Å²) in [6.45, 7) is 5.01. The third kappa shape index (κ3) is 3.30. The van der Waals surface area contributed by atoms with E-state index in [0.29, 0.717) is 24.1 Å². The number of rotatable bonds is 3. The first-order chi connectivity index (χ1) is 16.5. The molecule has 1 saturated heterocycles. The number of nitrogens with zero attached hydrogens (tertiary/aromatic N) is 7. The van der Waals surface area contributed by atoms with Gasteiger partial charge in [0, 0.05) is 43.3 Å². The fraction of sp³-hybridized carbons (Fsp3) is 0.296. The highest BCUT2D eigenvalue weighted by atomic mass is 15.3. The summed E-state index contributed by atoms with van der Waals surface area (Å²) in [6, 6.07) is 17.0. The van der Waals surface area contributed by atoms with E-state index in [4.69, 9.17) is 10.2 Å². The van der Waals surface area contributed by atoms with Crippen molar-refractivity contribution in [3.8, 4) is 34.4 Å². The molecule has 0 bridgehead atoms. The molecule has 0 N–H and O–H groups in total. The normalized spacial score (nSPS) is 18.9. The summed E-state index contributed by atoms with van der Waals surface area (Å²) in [5, 5.41) is 9.12. The van der Waals surface area contributed by atoms with Crippen LogP contribution in [0.15, 0.2) is 61.1 Å². The number of nitriles is 1. The van der Waals surface area contributed by atoms with Gasteiger partial charge in [0.2, 0.25) is 0 Å². The molecule has 2 atom stereocenters. The van der Waals surface area contributed by atoms with Crippen LogP contribution in [0.25, 0.3) is 28.3 Å². The van der Waals surface area contributed by atoms with Gasteiger partial charge in [0.25, 0.3) is 0 Å². The highest BCUT2D eigenvalue weighted by Gasteiger charge is 2.32. The van der Waals surface area contributed by atoms with Crippen LogP contribution in [-0.2, 0) is 6.54 Å². The number of aromatic nitrogens is 4. The minimum Gasteiger partial charge on any atom is -0.355 e. The topological polar surface area (TPSA) is 65.9 Å². The maximum Gasteiger partial charge on any atom is 0.161 e. The van der Waals surface area contributed by atoms with Crippen molar-refractivity contribution in [1.29, 1.82) is 5.26 Å². The molecule has 0 aliphatic carbocycles. The molecule has 2 aliphatic rings. The molecule has 1 fully saturated rings. The van der Waals surface area contributed by atoms with Crippen LogP contribution in [0.1, 0.15) is 18.2 Å². The summed E-state index contributed by atoms with van der Waals surface area (Å²) in [4.78, 5) is 14.6. The average molecular weight is 450 g/mol. The zero-order valence-corrected chi connectivity index (χ0v) is 19.7. The van der Waals surface area contributed by atoms with Gasteiger partial charge < -0.3 is 14.4 Å². The molecular formula is C27H27N7. The van der Waals surface area contributed by atoms with E-state index in [1.165, 1.54) is 0 Å². The number of benzene rings is 1. The smallest absolute Gasteiger partial charge is 0.161 e. The monoisotopic (exact) mass is 449 g/mol. The highest BCUT2D eigenvalue weighted by molar-refractivity contribution is 5.72. The standard InChI is InChI=1S/C27H27N7/c1-18-14-33(17-25(18)31(2)3)26-9-8-23-22(30-26)16-32-15-21(20-6-4-19(13-28)5-7-20)12-24(32)27-29-10-11-34(23)27/h4-12,15,18,25H,14,16-17H2,1-3H3/t18-,25+/m1/s1. The summed E-state index contributed by atoms with van der Waals surface area (Å²) in [7, 11) is 4.32. The molecule has 7 heteroatoms. The van der Waals surface area contributed by atoms with Gasteiger partial charge in [-0.05, 0) is 55.9 Å². The number of pyridine rings is 1. The third-order valence-electron chi connectivity index (χ3n) is 7.19. The molecule has 7 nitrogen and oxygen atoms in total. The van der Waals surface area contributed by atoms with Crippen molar-refractivity contribution in [3.63, 3.8) is 0 Å². The molecule has 0 amide bonds. The molecule has 4 aromatic rings.